The normalized spacial score (nSPS) is 11.1. The molecule has 0 unspecified atom stereocenters. The molecular weight excluding hydrogens is 328 g/mol. The minimum atomic E-state index is -0.309. The number of esters is 1. The summed E-state index contributed by atoms with van der Waals surface area (Å²) in [6, 6.07) is 7.91. The Bertz CT molecular complexity index is 653. The van der Waals surface area contributed by atoms with Crippen LogP contribution in [0.2, 0.25) is 0 Å². The number of rotatable bonds is 8. The molecule has 0 bridgehead atoms. The average Bonchev–Trinajstić information content (AvgIpc) is 2.98. The van der Waals surface area contributed by atoms with Gasteiger partial charge in [0, 0.05) is 0 Å². The van der Waals surface area contributed by atoms with E-state index in [4.69, 9.17) is 13.9 Å². The Morgan fingerprint density at radius 3 is 2.50 bits per heavy atom. The summed E-state index contributed by atoms with van der Waals surface area (Å²) in [6.07, 6.45) is -0.133. The zero-order valence-corrected chi connectivity index (χ0v) is 15.1. The Balaban J connectivity index is 1.80. The maximum Gasteiger partial charge on any atom is 0.316 e. The highest BCUT2D eigenvalue weighted by Gasteiger charge is 2.12. The predicted molar refractivity (Wildman–Crippen MR) is 91.1 cm³/mol. The third-order valence-corrected chi connectivity index (χ3v) is 3.83. The molecule has 0 aliphatic carbocycles. The van der Waals surface area contributed by atoms with Crippen LogP contribution in [0, 0.1) is 0 Å². The summed E-state index contributed by atoms with van der Waals surface area (Å²) in [7, 11) is 0. The summed E-state index contributed by atoms with van der Waals surface area (Å²) in [5.41, 5.74) is 1.26. The number of ether oxygens (including phenoxy) is 2. The molecule has 0 saturated carbocycles. The molecule has 0 saturated heterocycles. The molecule has 7 heteroatoms. The summed E-state index contributed by atoms with van der Waals surface area (Å²) >= 11 is 1.15. The van der Waals surface area contributed by atoms with E-state index < -0.39 is 0 Å². The molecule has 24 heavy (non-hydrogen) atoms. The first-order valence-corrected chi connectivity index (χ1v) is 8.80. The van der Waals surface area contributed by atoms with E-state index in [0.29, 0.717) is 17.0 Å². The van der Waals surface area contributed by atoms with Gasteiger partial charge in [-0.15, -0.1) is 10.2 Å². The van der Waals surface area contributed by atoms with Crippen LogP contribution in [0.4, 0.5) is 0 Å². The van der Waals surface area contributed by atoms with Gasteiger partial charge in [0.05, 0.1) is 6.10 Å². The number of nitrogens with zero attached hydrogens (tertiary/aromatic N) is 2. The van der Waals surface area contributed by atoms with Gasteiger partial charge >= 0.3 is 5.97 Å². The minimum Gasteiger partial charge on any atom is -0.484 e. The quantitative estimate of drug-likeness (QED) is 0.529. The molecule has 0 spiro atoms. The van der Waals surface area contributed by atoms with Crippen LogP contribution in [0.1, 0.15) is 45.1 Å². The lowest BCUT2D eigenvalue weighted by Crippen LogP contribution is -2.13. The second-order valence-electron chi connectivity index (χ2n) is 5.80. The fourth-order valence-electron chi connectivity index (χ4n) is 1.87. The number of hydrogen-bond donors (Lipinski definition) is 0. The number of thioether (sulfide) groups is 1. The molecule has 1 aromatic heterocycles. The van der Waals surface area contributed by atoms with Crippen LogP contribution in [0.25, 0.3) is 0 Å². The maximum atomic E-state index is 11.5. The van der Waals surface area contributed by atoms with E-state index >= 15 is 0 Å². The SMILES string of the molecule is CC(C)OC(=O)CSc1nnc(COc2ccc(C(C)C)cc2)o1. The smallest absolute Gasteiger partial charge is 0.316 e. The van der Waals surface area contributed by atoms with Crippen molar-refractivity contribution in [3.63, 3.8) is 0 Å². The summed E-state index contributed by atoms with van der Waals surface area (Å²) in [5, 5.41) is 8.10. The molecule has 2 rings (SSSR count). The topological polar surface area (TPSA) is 74.5 Å². The molecule has 0 atom stereocenters. The van der Waals surface area contributed by atoms with Crippen LogP contribution >= 0.6 is 11.8 Å². The van der Waals surface area contributed by atoms with E-state index in [0.717, 1.165) is 17.5 Å². The van der Waals surface area contributed by atoms with Gasteiger partial charge in [-0.2, -0.15) is 0 Å². The number of benzene rings is 1. The van der Waals surface area contributed by atoms with Gasteiger partial charge in [0.15, 0.2) is 6.61 Å². The van der Waals surface area contributed by atoms with Gasteiger partial charge < -0.3 is 13.9 Å². The van der Waals surface area contributed by atoms with Crippen LogP contribution < -0.4 is 4.74 Å². The van der Waals surface area contributed by atoms with Crippen molar-refractivity contribution in [3.05, 3.63) is 35.7 Å². The number of carbonyl (C=O) groups is 1. The van der Waals surface area contributed by atoms with E-state index in [1.807, 2.05) is 24.3 Å². The Labute approximate surface area is 145 Å². The first kappa shape index (κ1) is 18.3. The van der Waals surface area contributed by atoms with Gasteiger partial charge in [-0.1, -0.05) is 37.7 Å². The third-order valence-electron chi connectivity index (χ3n) is 3.04. The zero-order valence-electron chi connectivity index (χ0n) is 14.3. The van der Waals surface area contributed by atoms with Crippen LogP contribution in [0.15, 0.2) is 33.9 Å². The Morgan fingerprint density at radius 1 is 1.17 bits per heavy atom. The lowest BCUT2D eigenvalue weighted by atomic mass is 10.0. The number of carbonyl (C=O) groups excluding carboxylic acids is 1. The molecule has 130 valence electrons. The van der Waals surface area contributed by atoms with E-state index in [1.54, 1.807) is 13.8 Å². The lowest BCUT2D eigenvalue weighted by molar-refractivity contribution is -0.144. The molecule has 0 N–H and O–H groups in total. The van der Waals surface area contributed by atoms with E-state index in [1.165, 1.54) is 5.56 Å². The molecule has 1 heterocycles. The zero-order chi connectivity index (χ0) is 17.5. The van der Waals surface area contributed by atoms with Crippen molar-refractivity contribution in [2.45, 2.75) is 51.5 Å². The second-order valence-corrected chi connectivity index (χ2v) is 6.73. The van der Waals surface area contributed by atoms with Crippen molar-refractivity contribution in [3.8, 4) is 5.75 Å². The summed E-state index contributed by atoms with van der Waals surface area (Å²) in [4.78, 5) is 11.5. The highest BCUT2D eigenvalue weighted by atomic mass is 32.2. The third kappa shape index (κ3) is 5.88. The molecule has 0 fully saturated rings. The monoisotopic (exact) mass is 350 g/mol. The van der Waals surface area contributed by atoms with Crippen LogP contribution in [0.5, 0.6) is 5.75 Å². The van der Waals surface area contributed by atoms with Gasteiger partial charge in [0.25, 0.3) is 11.1 Å². The predicted octanol–water partition coefficient (Wildman–Crippen LogP) is 3.82. The maximum absolute atomic E-state index is 11.5. The minimum absolute atomic E-state index is 0.133. The molecule has 1 aromatic carbocycles. The van der Waals surface area contributed by atoms with Gasteiger partial charge in [0.1, 0.15) is 11.5 Å². The highest BCUT2D eigenvalue weighted by Crippen LogP contribution is 2.20. The van der Waals surface area contributed by atoms with Crippen molar-refractivity contribution in [1.29, 1.82) is 0 Å². The van der Waals surface area contributed by atoms with E-state index in [9.17, 15) is 4.79 Å². The largest absolute Gasteiger partial charge is 0.484 e. The van der Waals surface area contributed by atoms with E-state index in [2.05, 4.69) is 24.0 Å². The van der Waals surface area contributed by atoms with Gasteiger partial charge in [-0.3, -0.25) is 4.79 Å². The van der Waals surface area contributed by atoms with Crippen LogP contribution in [-0.4, -0.2) is 28.0 Å². The average molecular weight is 350 g/mol. The molecule has 6 nitrogen and oxygen atoms in total. The molecule has 2 aromatic rings. The first-order chi connectivity index (χ1) is 11.4. The highest BCUT2D eigenvalue weighted by molar-refractivity contribution is 7.99. The number of hydrogen-bond acceptors (Lipinski definition) is 7. The lowest BCUT2D eigenvalue weighted by Gasteiger charge is -2.07. The van der Waals surface area contributed by atoms with Gasteiger partial charge in [-0.05, 0) is 37.5 Å². The molecule has 0 aliphatic rings. The first-order valence-electron chi connectivity index (χ1n) is 7.81. The molecule has 0 aliphatic heterocycles. The standard InChI is InChI=1S/C17H22N2O4S/c1-11(2)13-5-7-14(8-6-13)21-9-15-18-19-17(23-15)24-10-16(20)22-12(3)4/h5-8,11-12H,9-10H2,1-4H3. The van der Waals surface area contributed by atoms with Crippen molar-refractivity contribution in [2.75, 3.05) is 5.75 Å². The molecule has 0 amide bonds. The van der Waals surface area contributed by atoms with Crippen molar-refractivity contribution >= 4 is 17.7 Å². The van der Waals surface area contributed by atoms with Gasteiger partial charge in [-0.25, -0.2) is 0 Å². The molecule has 0 radical (unpaired) electrons. The fourth-order valence-corrected chi connectivity index (χ4v) is 2.43. The Kier molecular flexibility index (Phi) is 6.66. The van der Waals surface area contributed by atoms with Gasteiger partial charge in [0.2, 0.25) is 0 Å². The second kappa shape index (κ2) is 8.73. The van der Waals surface area contributed by atoms with Crippen LogP contribution in [0.3, 0.4) is 0 Å². The van der Waals surface area contributed by atoms with Crippen molar-refractivity contribution < 1.29 is 18.7 Å². The number of aromatic nitrogens is 2. The molecular formula is C17H22N2O4S. The Hall–Kier alpha value is -2.02. The van der Waals surface area contributed by atoms with Crippen molar-refractivity contribution in [2.24, 2.45) is 0 Å². The summed E-state index contributed by atoms with van der Waals surface area (Å²) < 4.78 is 16.1. The Morgan fingerprint density at radius 2 is 1.88 bits per heavy atom. The van der Waals surface area contributed by atoms with Crippen molar-refractivity contribution in [1.82, 2.24) is 10.2 Å². The summed E-state index contributed by atoms with van der Waals surface area (Å²) in [6.45, 7) is 8.08. The summed E-state index contributed by atoms with van der Waals surface area (Å²) in [5.74, 6) is 1.42. The fraction of sp³-hybridized carbons (Fsp3) is 0.471. The van der Waals surface area contributed by atoms with E-state index in [-0.39, 0.29) is 24.4 Å². The van der Waals surface area contributed by atoms with Crippen LogP contribution in [-0.2, 0) is 16.1 Å².